The Morgan fingerprint density at radius 2 is 2.17 bits per heavy atom. The monoisotopic (exact) mass is 247 g/mol. The second-order valence-corrected chi connectivity index (χ2v) is 5.05. The first-order valence-electron chi connectivity index (χ1n) is 6.75. The summed E-state index contributed by atoms with van der Waals surface area (Å²) >= 11 is 0. The lowest BCUT2D eigenvalue weighted by molar-refractivity contribution is 0.0944. The van der Waals surface area contributed by atoms with Crippen LogP contribution in [0, 0.1) is 5.92 Å². The highest BCUT2D eigenvalue weighted by Crippen LogP contribution is 2.24. The molecule has 0 radical (unpaired) electrons. The van der Waals surface area contributed by atoms with E-state index in [1.54, 1.807) is 0 Å². The molecule has 0 bridgehead atoms. The fourth-order valence-corrected chi connectivity index (χ4v) is 2.62. The number of nitrogens with one attached hydrogen (secondary N) is 1. The van der Waals surface area contributed by atoms with Crippen LogP contribution in [-0.4, -0.2) is 23.7 Å². The van der Waals surface area contributed by atoms with Gasteiger partial charge in [-0.2, -0.15) is 0 Å². The predicted octanol–water partition coefficient (Wildman–Crippen LogP) is 2.14. The molecule has 0 aliphatic heterocycles. The van der Waals surface area contributed by atoms with Crippen LogP contribution in [0.2, 0.25) is 0 Å². The maximum absolute atomic E-state index is 12.1. The van der Waals surface area contributed by atoms with Gasteiger partial charge in [0.15, 0.2) is 0 Å². The summed E-state index contributed by atoms with van der Waals surface area (Å²) in [5, 5.41) is 12.4. The minimum Gasteiger partial charge on any atom is -0.393 e. The van der Waals surface area contributed by atoms with Gasteiger partial charge in [0.2, 0.25) is 0 Å². The second-order valence-electron chi connectivity index (χ2n) is 5.05. The van der Waals surface area contributed by atoms with E-state index in [0.29, 0.717) is 12.5 Å². The molecule has 0 heterocycles. The molecular formula is C15H21NO2. The van der Waals surface area contributed by atoms with E-state index >= 15 is 0 Å². The van der Waals surface area contributed by atoms with Crippen LogP contribution in [0.25, 0.3) is 0 Å². The highest BCUT2D eigenvalue weighted by molar-refractivity contribution is 5.95. The van der Waals surface area contributed by atoms with Gasteiger partial charge in [0.25, 0.3) is 5.91 Å². The predicted molar refractivity (Wildman–Crippen MR) is 71.5 cm³/mol. The number of aliphatic hydroxyl groups excluding tert-OH is 1. The first-order valence-corrected chi connectivity index (χ1v) is 6.75. The SMILES string of the molecule is CCc1ccccc1C(=O)NCC1CCC(O)C1. The zero-order valence-electron chi connectivity index (χ0n) is 10.9. The van der Waals surface area contributed by atoms with Crippen molar-refractivity contribution in [3.63, 3.8) is 0 Å². The average Bonchev–Trinajstić information content (AvgIpc) is 2.81. The molecule has 3 nitrogen and oxygen atoms in total. The molecule has 1 aliphatic rings. The lowest BCUT2D eigenvalue weighted by atomic mass is 10.0. The Morgan fingerprint density at radius 3 is 2.83 bits per heavy atom. The Labute approximate surface area is 108 Å². The molecule has 1 fully saturated rings. The molecular weight excluding hydrogens is 226 g/mol. The van der Waals surface area contributed by atoms with Crippen LogP contribution < -0.4 is 5.32 Å². The number of rotatable bonds is 4. The Hall–Kier alpha value is -1.35. The van der Waals surface area contributed by atoms with Gasteiger partial charge < -0.3 is 10.4 Å². The molecule has 2 atom stereocenters. The van der Waals surface area contributed by atoms with Gasteiger partial charge in [0, 0.05) is 12.1 Å². The topological polar surface area (TPSA) is 49.3 Å². The molecule has 1 aromatic carbocycles. The Bertz CT molecular complexity index is 417. The third kappa shape index (κ3) is 3.10. The minimum absolute atomic E-state index is 0.00818. The number of aryl methyl sites for hydroxylation is 1. The number of hydrogen-bond donors (Lipinski definition) is 2. The van der Waals surface area contributed by atoms with Crippen molar-refractivity contribution >= 4 is 5.91 Å². The molecule has 1 saturated carbocycles. The second kappa shape index (κ2) is 6.01. The van der Waals surface area contributed by atoms with Gasteiger partial charge in [0.05, 0.1) is 6.10 Å². The molecule has 1 aromatic rings. The fourth-order valence-electron chi connectivity index (χ4n) is 2.62. The largest absolute Gasteiger partial charge is 0.393 e. The molecule has 2 N–H and O–H groups in total. The van der Waals surface area contributed by atoms with Gasteiger partial charge in [-0.1, -0.05) is 25.1 Å². The zero-order valence-corrected chi connectivity index (χ0v) is 10.9. The highest BCUT2D eigenvalue weighted by Gasteiger charge is 2.23. The van der Waals surface area contributed by atoms with Crippen LogP contribution in [0.1, 0.15) is 42.1 Å². The van der Waals surface area contributed by atoms with Gasteiger partial charge >= 0.3 is 0 Å². The summed E-state index contributed by atoms with van der Waals surface area (Å²) in [5.41, 5.74) is 1.86. The van der Waals surface area contributed by atoms with Gasteiger partial charge in [-0.15, -0.1) is 0 Å². The van der Waals surface area contributed by atoms with E-state index < -0.39 is 0 Å². The van der Waals surface area contributed by atoms with E-state index in [2.05, 4.69) is 12.2 Å². The van der Waals surface area contributed by atoms with E-state index in [1.807, 2.05) is 24.3 Å². The van der Waals surface area contributed by atoms with E-state index in [4.69, 9.17) is 0 Å². The summed E-state index contributed by atoms with van der Waals surface area (Å²) in [6, 6.07) is 7.72. The average molecular weight is 247 g/mol. The van der Waals surface area contributed by atoms with Crippen molar-refractivity contribution in [2.24, 2.45) is 5.92 Å². The number of carbonyl (C=O) groups is 1. The van der Waals surface area contributed by atoms with E-state index in [1.165, 1.54) is 0 Å². The molecule has 2 unspecified atom stereocenters. The molecule has 0 spiro atoms. The zero-order chi connectivity index (χ0) is 13.0. The lowest BCUT2D eigenvalue weighted by Gasteiger charge is -2.12. The van der Waals surface area contributed by atoms with Gasteiger partial charge in [-0.05, 0) is 43.2 Å². The maximum Gasteiger partial charge on any atom is 0.251 e. The summed E-state index contributed by atoms with van der Waals surface area (Å²) in [6.45, 7) is 2.73. The number of carbonyl (C=O) groups excluding carboxylic acids is 1. The van der Waals surface area contributed by atoms with Crippen LogP contribution in [0.15, 0.2) is 24.3 Å². The van der Waals surface area contributed by atoms with Crippen molar-refractivity contribution in [3.05, 3.63) is 35.4 Å². The van der Waals surface area contributed by atoms with Gasteiger partial charge in [0.1, 0.15) is 0 Å². The van der Waals surface area contributed by atoms with E-state index in [9.17, 15) is 9.90 Å². The third-order valence-corrected chi connectivity index (χ3v) is 3.71. The van der Waals surface area contributed by atoms with Crippen molar-refractivity contribution in [1.29, 1.82) is 0 Å². The van der Waals surface area contributed by atoms with Crippen molar-refractivity contribution in [2.75, 3.05) is 6.54 Å². The smallest absolute Gasteiger partial charge is 0.251 e. The van der Waals surface area contributed by atoms with E-state index in [-0.39, 0.29) is 12.0 Å². The quantitative estimate of drug-likeness (QED) is 0.856. The highest BCUT2D eigenvalue weighted by atomic mass is 16.3. The van der Waals surface area contributed by atoms with Crippen molar-refractivity contribution in [2.45, 2.75) is 38.7 Å². The van der Waals surface area contributed by atoms with Crippen LogP contribution in [0.4, 0.5) is 0 Å². The Morgan fingerprint density at radius 1 is 1.39 bits per heavy atom. The molecule has 3 heteroatoms. The summed E-state index contributed by atoms with van der Waals surface area (Å²) in [7, 11) is 0. The Balaban J connectivity index is 1.91. The van der Waals surface area contributed by atoms with Crippen molar-refractivity contribution in [3.8, 4) is 0 Å². The summed E-state index contributed by atoms with van der Waals surface area (Å²) in [5.74, 6) is 0.437. The molecule has 1 aliphatic carbocycles. The normalized spacial score (nSPS) is 23.0. The maximum atomic E-state index is 12.1. The van der Waals surface area contributed by atoms with Crippen LogP contribution >= 0.6 is 0 Å². The van der Waals surface area contributed by atoms with Crippen molar-refractivity contribution in [1.82, 2.24) is 5.32 Å². The Kier molecular flexibility index (Phi) is 4.37. The van der Waals surface area contributed by atoms with Crippen LogP contribution in [0.3, 0.4) is 0 Å². The lowest BCUT2D eigenvalue weighted by Crippen LogP contribution is -2.29. The molecule has 0 aromatic heterocycles. The number of hydrogen-bond acceptors (Lipinski definition) is 2. The standard InChI is InChI=1S/C15H21NO2/c1-2-12-5-3-4-6-14(12)15(18)16-10-11-7-8-13(17)9-11/h3-6,11,13,17H,2,7-10H2,1H3,(H,16,18). The van der Waals surface area contributed by atoms with Crippen LogP contribution in [0.5, 0.6) is 0 Å². The summed E-state index contributed by atoms with van der Waals surface area (Å²) < 4.78 is 0. The third-order valence-electron chi connectivity index (χ3n) is 3.71. The number of benzene rings is 1. The fraction of sp³-hybridized carbons (Fsp3) is 0.533. The van der Waals surface area contributed by atoms with Crippen molar-refractivity contribution < 1.29 is 9.90 Å². The summed E-state index contributed by atoms with van der Waals surface area (Å²) in [4.78, 5) is 12.1. The molecule has 1 amide bonds. The van der Waals surface area contributed by atoms with Crippen LogP contribution in [-0.2, 0) is 6.42 Å². The van der Waals surface area contributed by atoms with Gasteiger partial charge in [-0.3, -0.25) is 4.79 Å². The first kappa shape index (κ1) is 13.1. The van der Waals surface area contributed by atoms with E-state index in [0.717, 1.165) is 36.8 Å². The molecule has 2 rings (SSSR count). The number of aliphatic hydroxyl groups is 1. The molecule has 98 valence electrons. The van der Waals surface area contributed by atoms with Gasteiger partial charge in [-0.25, -0.2) is 0 Å². The minimum atomic E-state index is -0.171. The number of amides is 1. The summed E-state index contributed by atoms with van der Waals surface area (Å²) in [6.07, 6.45) is 3.39. The first-order chi connectivity index (χ1) is 8.70. The molecule has 18 heavy (non-hydrogen) atoms. The molecule has 0 saturated heterocycles.